The normalized spacial score (nSPS) is 9.95. The van der Waals surface area contributed by atoms with Crippen molar-refractivity contribution >= 4 is 33.5 Å². The van der Waals surface area contributed by atoms with Gasteiger partial charge in [-0.1, -0.05) is 0 Å². The molecule has 1 heterocycles. The molecule has 0 radical (unpaired) electrons. The number of benzene rings is 1. The van der Waals surface area contributed by atoms with Crippen LogP contribution in [0.5, 0.6) is 11.5 Å². The van der Waals surface area contributed by atoms with Crippen molar-refractivity contribution in [3.8, 4) is 11.5 Å². The van der Waals surface area contributed by atoms with E-state index in [-0.39, 0.29) is 0 Å². The molecule has 1 aromatic carbocycles. The number of ether oxygens (including phenoxy) is 2. The third-order valence-electron chi connectivity index (χ3n) is 2.47. The molecule has 0 bridgehead atoms. The number of urea groups is 1. The smallest absolute Gasteiger partial charge is 0.326 e. The lowest BCUT2D eigenvalue weighted by atomic mass is 10.2. The van der Waals surface area contributed by atoms with Gasteiger partial charge in [-0.05, 0) is 34.1 Å². The van der Waals surface area contributed by atoms with Crippen LogP contribution in [0.3, 0.4) is 0 Å². The summed E-state index contributed by atoms with van der Waals surface area (Å²) in [7, 11) is 3.07. The summed E-state index contributed by atoms with van der Waals surface area (Å²) in [4.78, 5) is 11.8. The summed E-state index contributed by atoms with van der Waals surface area (Å²) < 4.78 is 16.0. The zero-order valence-electron chi connectivity index (χ0n) is 10.9. The summed E-state index contributed by atoms with van der Waals surface area (Å²) in [5, 5.41) is 5.22. The first-order valence-electron chi connectivity index (χ1n) is 5.67. The number of halogens is 1. The number of nitrogens with one attached hydrogen (secondary N) is 2. The van der Waals surface area contributed by atoms with Crippen LogP contribution in [0.4, 0.5) is 16.4 Å². The monoisotopic (exact) mass is 340 g/mol. The van der Waals surface area contributed by atoms with Gasteiger partial charge in [-0.15, -0.1) is 0 Å². The molecule has 0 fully saturated rings. The van der Waals surface area contributed by atoms with Crippen molar-refractivity contribution in [2.75, 3.05) is 24.9 Å². The minimum atomic E-state index is -0.435. The largest absolute Gasteiger partial charge is 0.497 e. The van der Waals surface area contributed by atoms with E-state index in [1.807, 2.05) is 0 Å². The Morgan fingerprint density at radius 3 is 2.55 bits per heavy atom. The maximum absolute atomic E-state index is 11.8. The third kappa shape index (κ3) is 3.45. The number of rotatable bonds is 4. The Morgan fingerprint density at radius 2 is 1.95 bits per heavy atom. The van der Waals surface area contributed by atoms with Gasteiger partial charge in [0.2, 0.25) is 5.88 Å². The van der Waals surface area contributed by atoms with Crippen LogP contribution < -0.4 is 20.1 Å². The summed E-state index contributed by atoms with van der Waals surface area (Å²) >= 11 is 3.16. The van der Waals surface area contributed by atoms with Crippen LogP contribution in [0.1, 0.15) is 0 Å². The van der Waals surface area contributed by atoms with E-state index < -0.39 is 6.03 Å². The molecule has 0 atom stereocenters. The minimum absolute atomic E-state index is 0.335. The molecule has 2 rings (SSSR count). The molecule has 7 heteroatoms. The standard InChI is InChI=1S/C13H13BrN2O4/c1-18-8-3-4-9(10(7-8)19-2)15-13(17)16-12-6-5-11(14)20-12/h3-7H,1-2H3,(H2,15,16,17). The van der Waals surface area contributed by atoms with Gasteiger partial charge < -0.3 is 19.2 Å². The molecule has 6 nitrogen and oxygen atoms in total. The molecule has 0 saturated heterocycles. The lowest BCUT2D eigenvalue weighted by molar-refractivity contribution is 0.261. The van der Waals surface area contributed by atoms with Crippen molar-refractivity contribution in [2.24, 2.45) is 0 Å². The van der Waals surface area contributed by atoms with Crippen molar-refractivity contribution < 1.29 is 18.7 Å². The van der Waals surface area contributed by atoms with Crippen LogP contribution in [0.2, 0.25) is 0 Å². The van der Waals surface area contributed by atoms with E-state index in [2.05, 4.69) is 26.6 Å². The van der Waals surface area contributed by atoms with Gasteiger partial charge >= 0.3 is 6.03 Å². The van der Waals surface area contributed by atoms with Gasteiger partial charge in [0, 0.05) is 12.1 Å². The van der Waals surface area contributed by atoms with Gasteiger partial charge in [-0.2, -0.15) is 0 Å². The SMILES string of the molecule is COc1ccc(NC(=O)Nc2ccc(Br)o2)c(OC)c1. The molecule has 0 aliphatic rings. The van der Waals surface area contributed by atoms with Crippen molar-refractivity contribution in [1.29, 1.82) is 0 Å². The summed E-state index contributed by atoms with van der Waals surface area (Å²) in [5.74, 6) is 1.48. The van der Waals surface area contributed by atoms with Crippen LogP contribution in [0.25, 0.3) is 0 Å². The average molecular weight is 341 g/mol. The number of amides is 2. The molecule has 0 aliphatic heterocycles. The van der Waals surface area contributed by atoms with E-state index in [9.17, 15) is 4.79 Å². The number of methoxy groups -OCH3 is 2. The highest BCUT2D eigenvalue weighted by Gasteiger charge is 2.10. The number of hydrogen-bond donors (Lipinski definition) is 2. The van der Waals surface area contributed by atoms with Gasteiger partial charge in [0.1, 0.15) is 11.5 Å². The van der Waals surface area contributed by atoms with E-state index >= 15 is 0 Å². The molecular weight excluding hydrogens is 328 g/mol. The molecule has 1 aromatic heterocycles. The van der Waals surface area contributed by atoms with Crippen LogP contribution in [-0.4, -0.2) is 20.3 Å². The van der Waals surface area contributed by atoms with Crippen LogP contribution in [-0.2, 0) is 0 Å². The van der Waals surface area contributed by atoms with Crippen molar-refractivity contribution in [1.82, 2.24) is 0 Å². The highest BCUT2D eigenvalue weighted by atomic mass is 79.9. The molecule has 2 aromatic rings. The molecule has 2 N–H and O–H groups in total. The molecule has 106 valence electrons. The lowest BCUT2D eigenvalue weighted by Gasteiger charge is -2.11. The van der Waals surface area contributed by atoms with Crippen molar-refractivity contribution in [2.45, 2.75) is 0 Å². The van der Waals surface area contributed by atoms with Gasteiger partial charge in [0.15, 0.2) is 4.67 Å². The average Bonchev–Trinajstić information content (AvgIpc) is 2.84. The molecule has 0 unspecified atom stereocenters. The maximum atomic E-state index is 11.8. The highest BCUT2D eigenvalue weighted by Crippen LogP contribution is 2.29. The number of carbonyl (C=O) groups is 1. The van der Waals surface area contributed by atoms with E-state index in [1.54, 1.807) is 37.4 Å². The predicted molar refractivity (Wildman–Crippen MR) is 78.6 cm³/mol. The molecule has 0 saturated carbocycles. The summed E-state index contributed by atoms with van der Waals surface area (Å²) in [6, 6.07) is 7.98. The van der Waals surface area contributed by atoms with Crippen LogP contribution in [0, 0.1) is 0 Å². The summed E-state index contributed by atoms with van der Waals surface area (Å²) in [5.41, 5.74) is 0.524. The topological polar surface area (TPSA) is 72.7 Å². The van der Waals surface area contributed by atoms with E-state index in [0.29, 0.717) is 27.7 Å². The summed E-state index contributed by atoms with van der Waals surface area (Å²) in [6.45, 7) is 0. The Kier molecular flexibility index (Phi) is 4.52. The van der Waals surface area contributed by atoms with E-state index in [0.717, 1.165) is 0 Å². The second-order valence-corrected chi connectivity index (χ2v) is 4.53. The number of anilines is 2. The second-order valence-electron chi connectivity index (χ2n) is 3.75. The first kappa shape index (κ1) is 14.3. The van der Waals surface area contributed by atoms with E-state index in [4.69, 9.17) is 13.9 Å². The third-order valence-corrected chi connectivity index (χ3v) is 2.89. The van der Waals surface area contributed by atoms with E-state index in [1.165, 1.54) is 7.11 Å². The molecule has 20 heavy (non-hydrogen) atoms. The molecule has 2 amide bonds. The predicted octanol–water partition coefficient (Wildman–Crippen LogP) is 3.70. The summed E-state index contributed by atoms with van der Waals surface area (Å²) in [6.07, 6.45) is 0. The maximum Gasteiger partial charge on any atom is 0.326 e. The fourth-order valence-corrected chi connectivity index (χ4v) is 1.86. The van der Waals surface area contributed by atoms with Gasteiger partial charge in [-0.3, -0.25) is 5.32 Å². The number of carbonyl (C=O) groups excluding carboxylic acids is 1. The Balaban J connectivity index is 2.07. The minimum Gasteiger partial charge on any atom is -0.497 e. The quantitative estimate of drug-likeness (QED) is 0.889. The Bertz CT molecular complexity index is 612. The molecule has 0 spiro atoms. The second kappa shape index (κ2) is 6.33. The molecule has 0 aliphatic carbocycles. The van der Waals surface area contributed by atoms with Gasteiger partial charge in [0.05, 0.1) is 19.9 Å². The Hall–Kier alpha value is -2.15. The number of furan rings is 1. The van der Waals surface area contributed by atoms with Crippen LogP contribution >= 0.6 is 15.9 Å². The number of hydrogen-bond acceptors (Lipinski definition) is 4. The van der Waals surface area contributed by atoms with Gasteiger partial charge in [-0.25, -0.2) is 4.79 Å². The van der Waals surface area contributed by atoms with Gasteiger partial charge in [0.25, 0.3) is 0 Å². The fourth-order valence-electron chi connectivity index (χ4n) is 1.55. The fraction of sp³-hybridized carbons (Fsp3) is 0.154. The van der Waals surface area contributed by atoms with Crippen molar-refractivity contribution in [3.05, 3.63) is 35.0 Å². The zero-order chi connectivity index (χ0) is 14.5. The first-order valence-corrected chi connectivity index (χ1v) is 6.47. The Labute approximate surface area is 124 Å². The van der Waals surface area contributed by atoms with Crippen molar-refractivity contribution in [3.63, 3.8) is 0 Å². The first-order chi connectivity index (χ1) is 9.62. The van der Waals surface area contributed by atoms with Crippen LogP contribution in [0.15, 0.2) is 39.4 Å². The molecular formula is C13H13BrN2O4. The zero-order valence-corrected chi connectivity index (χ0v) is 12.5. The lowest BCUT2D eigenvalue weighted by Crippen LogP contribution is -2.19. The highest BCUT2D eigenvalue weighted by molar-refractivity contribution is 9.10. The Morgan fingerprint density at radius 1 is 1.15 bits per heavy atom.